The number of anilines is 2. The predicted octanol–water partition coefficient (Wildman–Crippen LogP) is 3.58. The molecule has 2 aromatic carbocycles. The lowest BCUT2D eigenvalue weighted by Crippen LogP contribution is -2.22. The van der Waals surface area contributed by atoms with Crippen LogP contribution in [-0.4, -0.2) is 26.0 Å². The first-order valence-electron chi connectivity index (χ1n) is 6.91. The second kappa shape index (κ2) is 7.15. The molecule has 2 amide bonds. The molecule has 0 unspecified atom stereocenters. The van der Waals surface area contributed by atoms with Crippen molar-refractivity contribution in [3.63, 3.8) is 0 Å². The maximum atomic E-state index is 12.4. The van der Waals surface area contributed by atoms with Crippen molar-refractivity contribution in [3.05, 3.63) is 53.1 Å². The molecule has 2 aromatic rings. The van der Waals surface area contributed by atoms with Gasteiger partial charge in [-0.25, -0.2) is 0 Å². The number of hydrogen-bond donors (Lipinski definition) is 1. The molecular formula is C17H17ClN2O3. The van der Waals surface area contributed by atoms with Crippen molar-refractivity contribution < 1.29 is 14.3 Å². The van der Waals surface area contributed by atoms with Crippen LogP contribution in [0.3, 0.4) is 0 Å². The largest absolute Gasteiger partial charge is 0.496 e. The molecule has 0 heterocycles. The fraction of sp³-hybridized carbons (Fsp3) is 0.176. The molecule has 0 bridgehead atoms. The van der Waals surface area contributed by atoms with E-state index in [0.717, 1.165) is 5.69 Å². The molecule has 1 N–H and O–H groups in total. The number of carbonyl (C=O) groups is 2. The predicted molar refractivity (Wildman–Crippen MR) is 91.5 cm³/mol. The standard InChI is InChI=1S/C17H17ClN2O3/c1-11(21)20(2)14-7-5-13(6-8-14)19-17(22)15-10-12(18)4-9-16(15)23-3/h4-10H,1-3H3,(H,19,22). The SMILES string of the molecule is COc1ccc(Cl)cc1C(=O)Nc1ccc(N(C)C(C)=O)cc1. The first-order valence-corrected chi connectivity index (χ1v) is 7.29. The smallest absolute Gasteiger partial charge is 0.259 e. The topological polar surface area (TPSA) is 58.6 Å². The number of methoxy groups -OCH3 is 1. The van der Waals surface area contributed by atoms with Crippen molar-refractivity contribution in [2.45, 2.75) is 6.92 Å². The van der Waals surface area contributed by atoms with Gasteiger partial charge in [-0.15, -0.1) is 0 Å². The number of benzene rings is 2. The van der Waals surface area contributed by atoms with Gasteiger partial charge in [0.2, 0.25) is 5.91 Å². The van der Waals surface area contributed by atoms with Crippen molar-refractivity contribution in [3.8, 4) is 5.75 Å². The molecule has 0 saturated heterocycles. The zero-order chi connectivity index (χ0) is 17.0. The first kappa shape index (κ1) is 16.8. The lowest BCUT2D eigenvalue weighted by Gasteiger charge is -2.15. The van der Waals surface area contributed by atoms with Crippen LogP contribution in [0.2, 0.25) is 5.02 Å². The van der Waals surface area contributed by atoms with Crippen LogP contribution in [0.25, 0.3) is 0 Å². The molecular weight excluding hydrogens is 316 g/mol. The highest BCUT2D eigenvalue weighted by atomic mass is 35.5. The average Bonchev–Trinajstić information content (AvgIpc) is 2.54. The Balaban J connectivity index is 2.18. The van der Waals surface area contributed by atoms with E-state index in [-0.39, 0.29) is 11.8 Å². The normalized spacial score (nSPS) is 10.1. The van der Waals surface area contributed by atoms with Gasteiger partial charge in [0.05, 0.1) is 12.7 Å². The highest BCUT2D eigenvalue weighted by Crippen LogP contribution is 2.24. The van der Waals surface area contributed by atoms with Gasteiger partial charge in [-0.3, -0.25) is 9.59 Å². The number of hydrogen-bond acceptors (Lipinski definition) is 3. The van der Waals surface area contributed by atoms with E-state index in [9.17, 15) is 9.59 Å². The minimum absolute atomic E-state index is 0.0644. The molecule has 0 spiro atoms. The van der Waals surface area contributed by atoms with E-state index >= 15 is 0 Å². The van der Waals surface area contributed by atoms with Gasteiger partial charge in [-0.05, 0) is 42.5 Å². The Morgan fingerprint density at radius 1 is 1.13 bits per heavy atom. The molecule has 0 aliphatic rings. The molecule has 23 heavy (non-hydrogen) atoms. The number of carbonyl (C=O) groups excluding carboxylic acids is 2. The van der Waals surface area contributed by atoms with Crippen LogP contribution in [0.5, 0.6) is 5.75 Å². The molecule has 0 saturated carbocycles. The number of ether oxygens (including phenoxy) is 1. The van der Waals surface area contributed by atoms with E-state index in [1.807, 2.05) is 0 Å². The van der Waals surface area contributed by atoms with E-state index < -0.39 is 0 Å². The minimum Gasteiger partial charge on any atom is -0.496 e. The lowest BCUT2D eigenvalue weighted by atomic mass is 10.1. The molecule has 0 aliphatic heterocycles. The van der Waals surface area contributed by atoms with Gasteiger partial charge < -0.3 is 15.0 Å². The van der Waals surface area contributed by atoms with Crippen LogP contribution >= 0.6 is 11.6 Å². The summed E-state index contributed by atoms with van der Waals surface area (Å²) in [5.74, 6) is 0.0577. The number of amides is 2. The zero-order valence-electron chi connectivity index (χ0n) is 13.1. The van der Waals surface area contributed by atoms with Crippen LogP contribution in [0.4, 0.5) is 11.4 Å². The van der Waals surface area contributed by atoms with Crippen molar-refractivity contribution in [2.75, 3.05) is 24.4 Å². The number of nitrogens with one attached hydrogen (secondary N) is 1. The fourth-order valence-electron chi connectivity index (χ4n) is 2.01. The summed E-state index contributed by atoms with van der Waals surface area (Å²) in [6.07, 6.45) is 0. The minimum atomic E-state index is -0.322. The molecule has 0 aliphatic carbocycles. The van der Waals surface area contributed by atoms with E-state index in [2.05, 4.69) is 5.32 Å². The summed E-state index contributed by atoms with van der Waals surface area (Å²) in [7, 11) is 3.18. The Bertz CT molecular complexity index is 729. The maximum Gasteiger partial charge on any atom is 0.259 e. The third-order valence-corrected chi connectivity index (χ3v) is 3.63. The molecule has 0 atom stereocenters. The summed E-state index contributed by atoms with van der Waals surface area (Å²) >= 11 is 5.93. The summed E-state index contributed by atoms with van der Waals surface area (Å²) in [5.41, 5.74) is 1.71. The van der Waals surface area contributed by atoms with Gasteiger partial charge in [0.15, 0.2) is 0 Å². The van der Waals surface area contributed by atoms with Gasteiger partial charge in [0.1, 0.15) is 5.75 Å². The second-order valence-electron chi connectivity index (χ2n) is 4.92. The maximum absolute atomic E-state index is 12.4. The van der Waals surface area contributed by atoms with E-state index in [1.54, 1.807) is 49.5 Å². The second-order valence-corrected chi connectivity index (χ2v) is 5.36. The van der Waals surface area contributed by atoms with Crippen molar-refractivity contribution in [1.82, 2.24) is 0 Å². The Morgan fingerprint density at radius 3 is 2.35 bits per heavy atom. The van der Waals surface area contributed by atoms with Gasteiger partial charge >= 0.3 is 0 Å². The summed E-state index contributed by atoms with van der Waals surface area (Å²) in [4.78, 5) is 25.2. The summed E-state index contributed by atoms with van der Waals surface area (Å²) in [5, 5.41) is 3.23. The highest BCUT2D eigenvalue weighted by molar-refractivity contribution is 6.31. The van der Waals surface area contributed by atoms with E-state index in [4.69, 9.17) is 16.3 Å². The quantitative estimate of drug-likeness (QED) is 0.931. The summed E-state index contributed by atoms with van der Waals surface area (Å²) < 4.78 is 5.17. The fourth-order valence-corrected chi connectivity index (χ4v) is 2.18. The summed E-state index contributed by atoms with van der Waals surface area (Å²) in [6.45, 7) is 1.49. The van der Waals surface area contributed by atoms with Crippen molar-refractivity contribution >= 4 is 34.8 Å². The Kier molecular flexibility index (Phi) is 5.24. The van der Waals surface area contributed by atoms with Crippen LogP contribution in [0.1, 0.15) is 17.3 Å². The zero-order valence-corrected chi connectivity index (χ0v) is 13.8. The highest BCUT2D eigenvalue weighted by Gasteiger charge is 2.13. The molecule has 6 heteroatoms. The Labute approximate surface area is 139 Å². The summed E-state index contributed by atoms with van der Waals surface area (Å²) in [6, 6.07) is 11.8. The molecule has 2 rings (SSSR count). The number of nitrogens with zero attached hydrogens (tertiary/aromatic N) is 1. The Morgan fingerprint density at radius 2 is 1.78 bits per heavy atom. The molecule has 5 nitrogen and oxygen atoms in total. The number of rotatable bonds is 4. The monoisotopic (exact) mass is 332 g/mol. The van der Waals surface area contributed by atoms with Crippen LogP contribution < -0.4 is 15.0 Å². The molecule has 0 radical (unpaired) electrons. The van der Waals surface area contributed by atoms with Gasteiger partial charge in [0, 0.05) is 30.4 Å². The lowest BCUT2D eigenvalue weighted by molar-refractivity contribution is -0.116. The first-order chi connectivity index (χ1) is 10.9. The molecule has 0 fully saturated rings. The van der Waals surface area contributed by atoms with Crippen LogP contribution in [-0.2, 0) is 4.79 Å². The van der Waals surface area contributed by atoms with Gasteiger partial charge in [-0.1, -0.05) is 11.6 Å². The van der Waals surface area contributed by atoms with Crippen molar-refractivity contribution in [1.29, 1.82) is 0 Å². The van der Waals surface area contributed by atoms with E-state index in [0.29, 0.717) is 22.0 Å². The number of halogens is 1. The van der Waals surface area contributed by atoms with Gasteiger partial charge in [0.25, 0.3) is 5.91 Å². The van der Waals surface area contributed by atoms with Crippen LogP contribution in [0, 0.1) is 0 Å². The van der Waals surface area contributed by atoms with Crippen LogP contribution in [0.15, 0.2) is 42.5 Å². The van der Waals surface area contributed by atoms with Crippen molar-refractivity contribution in [2.24, 2.45) is 0 Å². The molecule has 0 aromatic heterocycles. The average molecular weight is 333 g/mol. The van der Waals surface area contributed by atoms with Gasteiger partial charge in [-0.2, -0.15) is 0 Å². The third kappa shape index (κ3) is 4.02. The Hall–Kier alpha value is -2.53. The third-order valence-electron chi connectivity index (χ3n) is 3.39. The molecule has 120 valence electrons. The van der Waals surface area contributed by atoms with E-state index in [1.165, 1.54) is 18.9 Å².